The smallest absolute Gasteiger partial charge is 0.150 e. The minimum atomic E-state index is 0.424. The summed E-state index contributed by atoms with van der Waals surface area (Å²) in [6.07, 6.45) is 6.65. The molecule has 1 saturated heterocycles. The highest BCUT2D eigenvalue weighted by atomic mass is 32.1. The van der Waals surface area contributed by atoms with Crippen molar-refractivity contribution in [2.24, 2.45) is 5.73 Å². The average molecular weight is 262 g/mol. The summed E-state index contributed by atoms with van der Waals surface area (Å²) in [7, 11) is 0. The van der Waals surface area contributed by atoms with Crippen molar-refractivity contribution in [3.63, 3.8) is 0 Å². The van der Waals surface area contributed by atoms with Crippen LogP contribution in [0, 0.1) is 0 Å². The lowest BCUT2D eigenvalue weighted by atomic mass is 10.1. The van der Waals surface area contributed by atoms with Gasteiger partial charge in [0, 0.05) is 19.1 Å². The van der Waals surface area contributed by atoms with Crippen molar-refractivity contribution in [1.82, 2.24) is 9.97 Å². The second-order valence-corrected chi connectivity index (χ2v) is 5.68. The number of fused-ring (bicyclic) bond motifs is 1. The van der Waals surface area contributed by atoms with E-state index >= 15 is 0 Å². The number of anilines is 1. The SMILES string of the molecule is NCC1CCCCCN1c1ncnc2ccsc12. The van der Waals surface area contributed by atoms with Gasteiger partial charge in [0.1, 0.15) is 12.1 Å². The number of nitrogens with zero attached hydrogens (tertiary/aromatic N) is 3. The monoisotopic (exact) mass is 262 g/mol. The van der Waals surface area contributed by atoms with Crippen LogP contribution in [-0.2, 0) is 0 Å². The zero-order chi connectivity index (χ0) is 12.4. The molecule has 1 aliphatic rings. The maximum Gasteiger partial charge on any atom is 0.150 e. The van der Waals surface area contributed by atoms with Crippen LogP contribution in [0.15, 0.2) is 17.8 Å². The van der Waals surface area contributed by atoms with Crippen LogP contribution >= 0.6 is 11.3 Å². The van der Waals surface area contributed by atoms with Gasteiger partial charge in [0.2, 0.25) is 0 Å². The van der Waals surface area contributed by atoms with E-state index in [1.54, 1.807) is 17.7 Å². The molecule has 0 amide bonds. The molecule has 0 aliphatic carbocycles. The fraction of sp³-hybridized carbons (Fsp3) is 0.538. The molecule has 3 heterocycles. The zero-order valence-electron chi connectivity index (χ0n) is 10.4. The van der Waals surface area contributed by atoms with Gasteiger partial charge >= 0.3 is 0 Å². The Bertz CT molecular complexity index is 524. The number of thiophene rings is 1. The summed E-state index contributed by atoms with van der Waals surface area (Å²) in [4.78, 5) is 11.2. The van der Waals surface area contributed by atoms with Crippen LogP contribution in [0.1, 0.15) is 25.7 Å². The minimum absolute atomic E-state index is 0.424. The minimum Gasteiger partial charge on any atom is -0.351 e. The summed E-state index contributed by atoms with van der Waals surface area (Å²) < 4.78 is 1.19. The van der Waals surface area contributed by atoms with Gasteiger partial charge in [0.25, 0.3) is 0 Å². The van der Waals surface area contributed by atoms with E-state index in [1.165, 1.54) is 30.4 Å². The Kier molecular flexibility index (Phi) is 3.43. The molecule has 2 aromatic heterocycles. The van der Waals surface area contributed by atoms with Crippen LogP contribution in [0.4, 0.5) is 5.82 Å². The average Bonchev–Trinajstić information content (AvgIpc) is 2.76. The predicted octanol–water partition coefficient (Wildman–Crippen LogP) is 2.40. The van der Waals surface area contributed by atoms with Gasteiger partial charge in [-0.2, -0.15) is 0 Å². The lowest BCUT2D eigenvalue weighted by Crippen LogP contribution is -2.40. The van der Waals surface area contributed by atoms with E-state index in [9.17, 15) is 0 Å². The molecule has 5 heteroatoms. The Balaban J connectivity index is 2.02. The molecular weight excluding hydrogens is 244 g/mol. The fourth-order valence-corrected chi connectivity index (χ4v) is 3.53. The number of aromatic nitrogens is 2. The van der Waals surface area contributed by atoms with Crippen LogP contribution in [0.25, 0.3) is 10.2 Å². The zero-order valence-corrected chi connectivity index (χ0v) is 11.2. The molecule has 0 spiro atoms. The maximum atomic E-state index is 5.94. The second kappa shape index (κ2) is 5.20. The first-order valence-electron chi connectivity index (χ1n) is 6.55. The molecule has 2 N–H and O–H groups in total. The van der Waals surface area contributed by atoms with Gasteiger partial charge in [0.05, 0.1) is 10.2 Å². The van der Waals surface area contributed by atoms with E-state index in [-0.39, 0.29) is 0 Å². The Morgan fingerprint density at radius 3 is 3.17 bits per heavy atom. The summed E-state index contributed by atoms with van der Waals surface area (Å²) in [5.74, 6) is 1.08. The van der Waals surface area contributed by atoms with Gasteiger partial charge < -0.3 is 10.6 Å². The van der Waals surface area contributed by atoms with Crippen molar-refractivity contribution in [2.75, 3.05) is 18.0 Å². The Labute approximate surface area is 111 Å². The summed E-state index contributed by atoms with van der Waals surface area (Å²) in [5.41, 5.74) is 6.98. The van der Waals surface area contributed by atoms with Crippen LogP contribution in [0.3, 0.4) is 0 Å². The lowest BCUT2D eigenvalue weighted by molar-refractivity contribution is 0.577. The third-order valence-electron chi connectivity index (χ3n) is 3.65. The van der Waals surface area contributed by atoms with Crippen molar-refractivity contribution < 1.29 is 0 Å². The first-order chi connectivity index (χ1) is 8.90. The quantitative estimate of drug-likeness (QED) is 0.903. The van der Waals surface area contributed by atoms with E-state index in [4.69, 9.17) is 5.73 Å². The van der Waals surface area contributed by atoms with Crippen molar-refractivity contribution >= 4 is 27.4 Å². The van der Waals surface area contributed by atoms with Gasteiger partial charge in [-0.1, -0.05) is 12.8 Å². The standard InChI is InChI=1S/C13H18N4S/c14-8-10-4-2-1-3-6-17(10)13-12-11(5-7-18-12)15-9-16-13/h5,7,9-10H,1-4,6,8,14H2. The molecule has 0 radical (unpaired) electrons. The van der Waals surface area contributed by atoms with Crippen LogP contribution in [-0.4, -0.2) is 29.1 Å². The van der Waals surface area contributed by atoms with E-state index in [2.05, 4.69) is 26.3 Å². The molecule has 1 unspecified atom stereocenters. The Hall–Kier alpha value is -1.20. The molecule has 1 fully saturated rings. The fourth-order valence-electron chi connectivity index (χ4n) is 2.68. The van der Waals surface area contributed by atoms with Crippen molar-refractivity contribution in [3.8, 4) is 0 Å². The third kappa shape index (κ3) is 2.08. The highest BCUT2D eigenvalue weighted by molar-refractivity contribution is 7.17. The molecule has 1 aliphatic heterocycles. The molecule has 0 aromatic carbocycles. The van der Waals surface area contributed by atoms with Gasteiger partial charge in [0.15, 0.2) is 0 Å². The Morgan fingerprint density at radius 2 is 2.28 bits per heavy atom. The van der Waals surface area contributed by atoms with Crippen molar-refractivity contribution in [1.29, 1.82) is 0 Å². The number of hydrogen-bond donors (Lipinski definition) is 1. The molecule has 0 saturated carbocycles. The molecule has 1 atom stereocenters. The van der Waals surface area contributed by atoms with Crippen LogP contribution in [0.2, 0.25) is 0 Å². The summed E-state index contributed by atoms with van der Waals surface area (Å²) in [6, 6.07) is 2.48. The molecule has 3 rings (SSSR count). The van der Waals surface area contributed by atoms with Crippen LogP contribution in [0.5, 0.6) is 0 Å². The summed E-state index contributed by atoms with van der Waals surface area (Å²) >= 11 is 1.72. The first kappa shape index (κ1) is 11.9. The second-order valence-electron chi connectivity index (χ2n) is 4.76. The first-order valence-corrected chi connectivity index (χ1v) is 7.43. The molecule has 18 heavy (non-hydrogen) atoms. The topological polar surface area (TPSA) is 55.0 Å². The van der Waals surface area contributed by atoms with Gasteiger partial charge in [-0.3, -0.25) is 0 Å². The van der Waals surface area contributed by atoms with Crippen molar-refractivity contribution in [2.45, 2.75) is 31.7 Å². The van der Waals surface area contributed by atoms with Gasteiger partial charge in [-0.15, -0.1) is 11.3 Å². The van der Waals surface area contributed by atoms with Gasteiger partial charge in [-0.05, 0) is 24.3 Å². The van der Waals surface area contributed by atoms with E-state index in [1.807, 2.05) is 0 Å². The largest absolute Gasteiger partial charge is 0.351 e. The molecule has 0 bridgehead atoms. The highest BCUT2D eigenvalue weighted by Crippen LogP contribution is 2.31. The third-order valence-corrected chi connectivity index (χ3v) is 4.55. The van der Waals surface area contributed by atoms with Crippen molar-refractivity contribution in [3.05, 3.63) is 17.8 Å². The number of nitrogens with two attached hydrogens (primary N) is 1. The van der Waals surface area contributed by atoms with E-state index in [0.717, 1.165) is 17.9 Å². The molecule has 96 valence electrons. The number of rotatable bonds is 2. The molecule has 2 aromatic rings. The van der Waals surface area contributed by atoms with E-state index in [0.29, 0.717) is 12.6 Å². The van der Waals surface area contributed by atoms with E-state index < -0.39 is 0 Å². The summed E-state index contributed by atoms with van der Waals surface area (Å²) in [5, 5.41) is 2.08. The Morgan fingerprint density at radius 1 is 1.33 bits per heavy atom. The predicted molar refractivity (Wildman–Crippen MR) is 76.1 cm³/mol. The number of hydrogen-bond acceptors (Lipinski definition) is 5. The van der Waals surface area contributed by atoms with Gasteiger partial charge in [-0.25, -0.2) is 9.97 Å². The highest BCUT2D eigenvalue weighted by Gasteiger charge is 2.23. The normalized spacial score (nSPS) is 21.2. The molecular formula is C13H18N4S. The molecule has 4 nitrogen and oxygen atoms in total. The maximum absolute atomic E-state index is 5.94. The van der Waals surface area contributed by atoms with Crippen LogP contribution < -0.4 is 10.6 Å². The summed E-state index contributed by atoms with van der Waals surface area (Å²) in [6.45, 7) is 1.77. The lowest BCUT2D eigenvalue weighted by Gasteiger charge is -2.30.